The first kappa shape index (κ1) is 12.6. The summed E-state index contributed by atoms with van der Waals surface area (Å²) in [5.41, 5.74) is 0. The Morgan fingerprint density at radius 1 is 1.35 bits per heavy atom. The summed E-state index contributed by atoms with van der Waals surface area (Å²) in [5.74, 6) is -0.206. The van der Waals surface area contributed by atoms with Gasteiger partial charge in [0.2, 0.25) is 0 Å². The molecule has 0 aliphatic carbocycles. The van der Waals surface area contributed by atoms with Gasteiger partial charge in [0.25, 0.3) is 0 Å². The molecule has 0 saturated carbocycles. The van der Waals surface area contributed by atoms with Gasteiger partial charge in [0.05, 0.1) is 25.4 Å². The van der Waals surface area contributed by atoms with Gasteiger partial charge >= 0.3 is 0 Å². The molecule has 17 heavy (non-hydrogen) atoms. The number of aliphatic hydroxyl groups excluding tert-OH is 2. The second kappa shape index (κ2) is 6.21. The van der Waals surface area contributed by atoms with E-state index in [1.165, 1.54) is 0 Å². The van der Waals surface area contributed by atoms with Gasteiger partial charge in [-0.25, -0.2) is 0 Å². The van der Waals surface area contributed by atoms with Crippen molar-refractivity contribution in [3.05, 3.63) is 41.8 Å². The highest BCUT2D eigenvalue weighted by Crippen LogP contribution is 2.25. The van der Waals surface area contributed by atoms with Crippen LogP contribution < -0.4 is 0 Å². The van der Waals surface area contributed by atoms with Crippen molar-refractivity contribution >= 4 is 11.8 Å². The van der Waals surface area contributed by atoms with Crippen LogP contribution >= 0.6 is 11.8 Å². The van der Waals surface area contributed by atoms with Crippen LogP contribution in [0.25, 0.3) is 0 Å². The average molecular weight is 252 g/mol. The van der Waals surface area contributed by atoms with Gasteiger partial charge in [-0.2, -0.15) is 0 Å². The molecule has 1 fully saturated rings. The van der Waals surface area contributed by atoms with E-state index in [1.807, 2.05) is 41.8 Å². The molecule has 0 unspecified atom stereocenters. The molecule has 0 aromatic heterocycles. The summed E-state index contributed by atoms with van der Waals surface area (Å²) in [5, 5.41) is 20.6. The quantitative estimate of drug-likeness (QED) is 0.800. The van der Waals surface area contributed by atoms with Crippen molar-refractivity contribution in [2.75, 3.05) is 13.2 Å². The summed E-state index contributed by atoms with van der Waals surface area (Å²) in [6.07, 6.45) is 1.15. The molecule has 1 aromatic rings. The van der Waals surface area contributed by atoms with Crippen molar-refractivity contribution in [1.29, 1.82) is 0 Å². The molecule has 1 saturated heterocycles. The zero-order valence-corrected chi connectivity index (χ0v) is 10.2. The summed E-state index contributed by atoms with van der Waals surface area (Å²) in [6, 6.07) is 10.0. The molecule has 0 radical (unpaired) electrons. The third-order valence-electron chi connectivity index (χ3n) is 2.80. The highest BCUT2D eigenvalue weighted by Gasteiger charge is 2.33. The Balaban J connectivity index is 1.89. The normalized spacial score (nSPS) is 28.9. The molecule has 2 N–H and O–H groups in total. The standard InChI is InChI=1S/C13H16O3S/c14-8-11-12(15)9-16-13(11)6-7-17-10-4-2-1-3-5-10/h1-7,11-15H,8-9H2/t11-,12+,13+/m1/s1. The van der Waals surface area contributed by atoms with Crippen molar-refractivity contribution in [1.82, 2.24) is 0 Å². The minimum Gasteiger partial charge on any atom is -0.396 e. The predicted octanol–water partition coefficient (Wildman–Crippen LogP) is 1.66. The van der Waals surface area contributed by atoms with Crippen LogP contribution in [0.2, 0.25) is 0 Å². The second-order valence-electron chi connectivity index (χ2n) is 3.97. The highest BCUT2D eigenvalue weighted by atomic mass is 32.2. The number of hydrogen-bond donors (Lipinski definition) is 2. The van der Waals surface area contributed by atoms with E-state index in [9.17, 15) is 5.11 Å². The number of ether oxygens (including phenoxy) is 1. The van der Waals surface area contributed by atoms with Gasteiger partial charge in [-0.3, -0.25) is 0 Å². The first-order valence-electron chi connectivity index (χ1n) is 5.60. The second-order valence-corrected chi connectivity index (χ2v) is 4.95. The molecule has 0 spiro atoms. The van der Waals surface area contributed by atoms with Crippen LogP contribution in [0.4, 0.5) is 0 Å². The van der Waals surface area contributed by atoms with Crippen molar-refractivity contribution in [3.63, 3.8) is 0 Å². The van der Waals surface area contributed by atoms with Crippen molar-refractivity contribution in [3.8, 4) is 0 Å². The number of thioether (sulfide) groups is 1. The Kier molecular flexibility index (Phi) is 4.62. The lowest BCUT2D eigenvalue weighted by atomic mass is 10.0. The molecule has 3 atom stereocenters. The maximum Gasteiger partial charge on any atom is 0.0852 e. The van der Waals surface area contributed by atoms with E-state index in [0.717, 1.165) is 4.90 Å². The lowest BCUT2D eigenvalue weighted by Gasteiger charge is -2.13. The van der Waals surface area contributed by atoms with E-state index in [2.05, 4.69) is 0 Å². The SMILES string of the molecule is OC[C@H]1[C@H](C=CSc2ccccc2)OC[C@@H]1O. The molecular weight excluding hydrogens is 236 g/mol. The maximum absolute atomic E-state index is 9.55. The van der Waals surface area contributed by atoms with Crippen LogP contribution in [0.15, 0.2) is 46.7 Å². The van der Waals surface area contributed by atoms with Gasteiger partial charge in [0.15, 0.2) is 0 Å². The van der Waals surface area contributed by atoms with E-state index >= 15 is 0 Å². The molecule has 1 aliphatic rings. The summed E-state index contributed by atoms with van der Waals surface area (Å²) >= 11 is 1.60. The minimum absolute atomic E-state index is 0.0494. The molecule has 2 rings (SSSR count). The van der Waals surface area contributed by atoms with Crippen molar-refractivity contribution in [2.45, 2.75) is 17.1 Å². The lowest BCUT2D eigenvalue weighted by Crippen LogP contribution is -2.26. The fourth-order valence-electron chi connectivity index (χ4n) is 1.79. The van der Waals surface area contributed by atoms with Crippen LogP contribution in [0.3, 0.4) is 0 Å². The molecule has 1 heterocycles. The zero-order valence-electron chi connectivity index (χ0n) is 9.40. The highest BCUT2D eigenvalue weighted by molar-refractivity contribution is 8.02. The Morgan fingerprint density at radius 2 is 2.12 bits per heavy atom. The molecule has 3 nitrogen and oxygen atoms in total. The fourth-order valence-corrected chi connectivity index (χ4v) is 2.50. The van der Waals surface area contributed by atoms with Gasteiger partial charge in [-0.1, -0.05) is 30.0 Å². The van der Waals surface area contributed by atoms with Crippen molar-refractivity contribution in [2.24, 2.45) is 5.92 Å². The van der Waals surface area contributed by atoms with E-state index in [0.29, 0.717) is 6.61 Å². The Hall–Kier alpha value is -0.810. The number of aliphatic hydroxyl groups is 2. The Labute approximate surface area is 105 Å². The predicted molar refractivity (Wildman–Crippen MR) is 67.8 cm³/mol. The van der Waals surface area contributed by atoms with E-state index in [-0.39, 0.29) is 18.6 Å². The van der Waals surface area contributed by atoms with E-state index in [1.54, 1.807) is 11.8 Å². The molecule has 0 amide bonds. The Bertz CT molecular complexity index is 366. The molecular formula is C13H16O3S. The third-order valence-corrected chi connectivity index (χ3v) is 3.64. The average Bonchev–Trinajstić information content (AvgIpc) is 2.71. The van der Waals surface area contributed by atoms with Crippen LogP contribution in [-0.4, -0.2) is 35.6 Å². The molecule has 0 bridgehead atoms. The summed E-state index contributed by atoms with van der Waals surface area (Å²) in [6.45, 7) is 0.252. The topological polar surface area (TPSA) is 49.7 Å². The van der Waals surface area contributed by atoms with E-state index in [4.69, 9.17) is 9.84 Å². The van der Waals surface area contributed by atoms with Crippen LogP contribution in [0.5, 0.6) is 0 Å². The first-order valence-corrected chi connectivity index (χ1v) is 6.48. The smallest absolute Gasteiger partial charge is 0.0852 e. The number of rotatable bonds is 4. The Morgan fingerprint density at radius 3 is 2.82 bits per heavy atom. The molecule has 4 heteroatoms. The number of benzene rings is 1. The minimum atomic E-state index is -0.559. The molecule has 1 aromatic carbocycles. The maximum atomic E-state index is 9.55. The molecule has 92 valence electrons. The van der Waals surface area contributed by atoms with Gasteiger partial charge in [-0.15, -0.1) is 0 Å². The van der Waals surface area contributed by atoms with Gasteiger partial charge in [0, 0.05) is 10.8 Å². The zero-order chi connectivity index (χ0) is 12.1. The van der Waals surface area contributed by atoms with Gasteiger partial charge in [0.1, 0.15) is 0 Å². The third kappa shape index (κ3) is 3.33. The van der Waals surface area contributed by atoms with Crippen molar-refractivity contribution < 1.29 is 14.9 Å². The van der Waals surface area contributed by atoms with Crippen LogP contribution in [0.1, 0.15) is 0 Å². The summed E-state index contributed by atoms with van der Waals surface area (Å²) < 4.78 is 5.40. The van der Waals surface area contributed by atoms with Crippen LogP contribution in [-0.2, 0) is 4.74 Å². The molecule has 1 aliphatic heterocycles. The summed E-state index contributed by atoms with van der Waals surface area (Å²) in [7, 11) is 0. The largest absolute Gasteiger partial charge is 0.396 e. The summed E-state index contributed by atoms with van der Waals surface area (Å²) in [4.78, 5) is 1.16. The lowest BCUT2D eigenvalue weighted by molar-refractivity contribution is 0.0967. The van der Waals surface area contributed by atoms with Gasteiger partial charge < -0.3 is 14.9 Å². The first-order chi connectivity index (χ1) is 8.31. The monoisotopic (exact) mass is 252 g/mol. The van der Waals surface area contributed by atoms with E-state index < -0.39 is 6.10 Å². The fraction of sp³-hybridized carbons (Fsp3) is 0.385. The van der Waals surface area contributed by atoms with Crippen LogP contribution in [0, 0.1) is 5.92 Å². The number of hydrogen-bond acceptors (Lipinski definition) is 4. The van der Waals surface area contributed by atoms with Gasteiger partial charge in [-0.05, 0) is 23.6 Å².